The molecule has 0 aliphatic heterocycles. The number of aliphatic carboxylic acids is 2. The molecule has 1 heterocycles. The van der Waals surface area contributed by atoms with Crippen LogP contribution in [-0.2, 0) is 23.3 Å². The van der Waals surface area contributed by atoms with E-state index >= 15 is 0 Å². The number of fused-ring (bicyclic) bond motifs is 1. The number of hydrogen-bond donors (Lipinski definition) is 6. The first kappa shape index (κ1) is 33.0. The van der Waals surface area contributed by atoms with Crippen LogP contribution in [0.5, 0.6) is 0 Å². The number of unbranched alkanes of at least 4 members (excludes halogenated alkanes) is 3. The van der Waals surface area contributed by atoms with Crippen molar-refractivity contribution in [1.82, 2.24) is 20.9 Å². The van der Waals surface area contributed by atoms with E-state index in [1.807, 2.05) is 0 Å². The second kappa shape index (κ2) is 16.1. The van der Waals surface area contributed by atoms with Crippen molar-refractivity contribution in [3.8, 4) is 0 Å². The molecule has 2 amide bonds. The fourth-order valence-electron chi connectivity index (χ4n) is 3.66. The summed E-state index contributed by atoms with van der Waals surface area (Å²) in [5.74, 6) is -3.53. The third-order valence-corrected chi connectivity index (χ3v) is 9.14. The maximum Gasteiger partial charge on any atom is 0.322 e. The van der Waals surface area contributed by atoms with E-state index in [-0.39, 0.29) is 48.7 Å². The third-order valence-electron chi connectivity index (χ3n) is 5.79. The van der Waals surface area contributed by atoms with E-state index in [9.17, 15) is 29.3 Å². The van der Waals surface area contributed by atoms with Gasteiger partial charge in [-0.1, -0.05) is 18.0 Å². The summed E-state index contributed by atoms with van der Waals surface area (Å²) >= 11 is 2.59. The Hall–Kier alpha value is -3.22. The summed E-state index contributed by atoms with van der Waals surface area (Å²) in [5, 5.41) is 50.8. The van der Waals surface area contributed by atoms with Crippen molar-refractivity contribution in [3.63, 3.8) is 0 Å². The van der Waals surface area contributed by atoms with Crippen LogP contribution in [0.2, 0.25) is 0 Å². The molecule has 40 heavy (non-hydrogen) atoms. The molecular weight excluding hydrogens is 572 g/mol. The molecule has 7 N–H and O–H groups in total. The van der Waals surface area contributed by atoms with E-state index in [0.717, 1.165) is 19.3 Å². The molecule has 1 aliphatic rings. The number of rotatable bonds is 19. The SMILES string of the molecule is N[C@@H](CCC(=O)N[C@@H](CS[C@]1(SCCCCCCO)CC=C([N+](=O)[O-])c2nonc21)C(=O)NCC(=O)O)C(=O)O. The Bertz CT molecular complexity index is 1100. The van der Waals surface area contributed by atoms with Gasteiger partial charge in [-0.25, -0.2) is 4.63 Å². The first-order chi connectivity index (χ1) is 19.0. The predicted molar refractivity (Wildman–Crippen MR) is 143 cm³/mol. The van der Waals surface area contributed by atoms with Crippen molar-refractivity contribution >= 4 is 53.0 Å². The van der Waals surface area contributed by atoms with Crippen LogP contribution in [0.4, 0.5) is 0 Å². The Balaban J connectivity index is 2.24. The van der Waals surface area contributed by atoms with Crippen molar-refractivity contribution in [1.29, 1.82) is 0 Å². The number of nitrogens with zero attached hydrogens (tertiary/aromatic N) is 3. The average Bonchev–Trinajstić information content (AvgIpc) is 3.41. The van der Waals surface area contributed by atoms with E-state index in [0.29, 0.717) is 12.2 Å². The summed E-state index contributed by atoms with van der Waals surface area (Å²) in [6.45, 7) is -0.603. The zero-order valence-corrected chi connectivity index (χ0v) is 23.1. The summed E-state index contributed by atoms with van der Waals surface area (Å²) in [6, 6.07) is -2.51. The van der Waals surface area contributed by atoms with Crippen LogP contribution < -0.4 is 16.4 Å². The lowest BCUT2D eigenvalue weighted by Crippen LogP contribution is -2.50. The highest BCUT2D eigenvalue weighted by Gasteiger charge is 2.46. The third kappa shape index (κ3) is 9.76. The standard InChI is InChI=1S/C22H32N6O10S2/c23-13(21(34)35)5-6-16(30)25-14(20(33)24-11-17(31)32)12-40-22(39-10-4-2-1-3-9-29)8-7-15(28(36)37)18-19(22)27-38-26-18/h7,13-14,29H,1-6,8-12,23H2,(H,24,33)(H,25,30)(H,31,32)(H,34,35)/t13-,14-,22+/m0/s1. The number of aliphatic hydroxyl groups is 1. The molecule has 0 radical (unpaired) electrons. The topological polar surface area (TPSA) is 261 Å². The lowest BCUT2D eigenvalue weighted by Gasteiger charge is -2.33. The van der Waals surface area contributed by atoms with Gasteiger partial charge in [0.25, 0.3) is 5.70 Å². The molecule has 1 aliphatic carbocycles. The molecule has 0 saturated heterocycles. The van der Waals surface area contributed by atoms with Gasteiger partial charge in [-0.05, 0) is 36.2 Å². The zero-order valence-electron chi connectivity index (χ0n) is 21.4. The largest absolute Gasteiger partial charge is 0.480 e. The van der Waals surface area contributed by atoms with Gasteiger partial charge < -0.3 is 31.7 Å². The van der Waals surface area contributed by atoms with Crippen molar-refractivity contribution in [3.05, 3.63) is 27.6 Å². The van der Waals surface area contributed by atoms with Crippen LogP contribution in [0.25, 0.3) is 5.70 Å². The van der Waals surface area contributed by atoms with Crippen LogP contribution in [-0.4, -0.2) is 91.1 Å². The summed E-state index contributed by atoms with van der Waals surface area (Å²) in [7, 11) is 0. The van der Waals surface area contributed by atoms with Crippen molar-refractivity contribution in [2.45, 2.75) is 61.1 Å². The lowest BCUT2D eigenvalue weighted by atomic mass is 10.0. The van der Waals surface area contributed by atoms with Gasteiger partial charge in [0.1, 0.15) is 28.4 Å². The molecule has 18 heteroatoms. The number of nitro groups is 1. The number of nitrogens with two attached hydrogens (primary N) is 1. The number of carboxylic acid groups (broad SMARTS) is 2. The number of carbonyl (C=O) groups is 4. The number of nitrogens with one attached hydrogen (secondary N) is 2. The predicted octanol–water partition coefficient (Wildman–Crippen LogP) is 0.141. The second-order valence-electron chi connectivity index (χ2n) is 8.78. The number of aliphatic hydroxyl groups excluding tert-OH is 1. The molecule has 1 aromatic heterocycles. The Morgan fingerprint density at radius 3 is 2.55 bits per heavy atom. The quantitative estimate of drug-likeness (QED) is 0.0531. The lowest BCUT2D eigenvalue weighted by molar-refractivity contribution is -0.376. The number of carboxylic acids is 2. The van der Waals surface area contributed by atoms with Crippen LogP contribution in [0, 0.1) is 10.1 Å². The van der Waals surface area contributed by atoms with Crippen LogP contribution in [0.15, 0.2) is 10.7 Å². The highest BCUT2D eigenvalue weighted by molar-refractivity contribution is 8.17. The number of carbonyl (C=O) groups excluding carboxylic acids is 2. The minimum absolute atomic E-state index is 0.0462. The van der Waals surface area contributed by atoms with E-state index in [1.165, 1.54) is 29.6 Å². The Labute approximate surface area is 237 Å². The summed E-state index contributed by atoms with van der Waals surface area (Å²) in [4.78, 5) is 58.2. The average molecular weight is 605 g/mol. The van der Waals surface area contributed by atoms with E-state index in [2.05, 4.69) is 20.9 Å². The normalized spacial score (nSPS) is 17.7. The molecule has 0 saturated carbocycles. The number of amides is 2. The molecule has 2 rings (SSSR count). The minimum atomic E-state index is -1.30. The smallest absolute Gasteiger partial charge is 0.322 e. The Kier molecular flexibility index (Phi) is 13.3. The highest BCUT2D eigenvalue weighted by Crippen LogP contribution is 2.53. The molecule has 16 nitrogen and oxygen atoms in total. The summed E-state index contributed by atoms with van der Waals surface area (Å²) in [6.07, 6.45) is 4.14. The van der Waals surface area contributed by atoms with E-state index in [1.54, 1.807) is 0 Å². The Morgan fingerprint density at radius 2 is 1.90 bits per heavy atom. The molecule has 0 unspecified atom stereocenters. The number of aromatic nitrogens is 2. The number of thioether (sulfide) groups is 2. The molecule has 0 spiro atoms. The van der Waals surface area contributed by atoms with Crippen molar-refractivity contribution in [2.24, 2.45) is 5.73 Å². The highest BCUT2D eigenvalue weighted by atomic mass is 32.2. The Morgan fingerprint density at radius 1 is 1.18 bits per heavy atom. The van der Waals surface area contributed by atoms with Gasteiger partial charge in [-0.2, -0.15) is 0 Å². The van der Waals surface area contributed by atoms with Gasteiger partial charge >= 0.3 is 11.9 Å². The first-order valence-corrected chi connectivity index (χ1v) is 14.3. The van der Waals surface area contributed by atoms with Crippen molar-refractivity contribution in [2.75, 3.05) is 24.7 Å². The molecule has 3 atom stereocenters. The molecule has 0 fully saturated rings. The van der Waals surface area contributed by atoms with Crippen LogP contribution in [0.3, 0.4) is 0 Å². The molecule has 0 aromatic carbocycles. The molecule has 0 bridgehead atoms. The summed E-state index contributed by atoms with van der Waals surface area (Å²) < 4.78 is 3.87. The van der Waals surface area contributed by atoms with Crippen LogP contribution in [0.1, 0.15) is 56.3 Å². The molecule has 222 valence electrons. The first-order valence-electron chi connectivity index (χ1n) is 12.3. The summed E-state index contributed by atoms with van der Waals surface area (Å²) in [5.41, 5.74) is 5.33. The maximum absolute atomic E-state index is 12.8. The van der Waals surface area contributed by atoms with Crippen molar-refractivity contribution < 1.29 is 44.1 Å². The number of hydrogen-bond acceptors (Lipinski definition) is 13. The van der Waals surface area contributed by atoms with E-state index < -0.39 is 51.4 Å². The fourth-order valence-corrected chi connectivity index (χ4v) is 6.74. The van der Waals surface area contributed by atoms with Gasteiger partial charge in [0.2, 0.25) is 17.5 Å². The monoisotopic (exact) mass is 604 g/mol. The fraction of sp³-hybridized carbons (Fsp3) is 0.636. The molecule has 1 aromatic rings. The minimum Gasteiger partial charge on any atom is -0.480 e. The zero-order chi connectivity index (χ0) is 29.7. The van der Waals surface area contributed by atoms with Gasteiger partial charge in [-0.15, -0.1) is 23.5 Å². The van der Waals surface area contributed by atoms with Gasteiger partial charge in [0, 0.05) is 25.2 Å². The maximum atomic E-state index is 12.8. The molecular formula is C22H32N6O10S2. The van der Waals surface area contributed by atoms with Gasteiger partial charge in [-0.3, -0.25) is 29.3 Å². The van der Waals surface area contributed by atoms with Crippen LogP contribution >= 0.6 is 23.5 Å². The van der Waals surface area contributed by atoms with Gasteiger partial charge in [0.05, 0.1) is 4.92 Å². The van der Waals surface area contributed by atoms with E-state index in [4.69, 9.17) is 25.7 Å². The second-order valence-corrected chi connectivity index (χ2v) is 11.7. The number of allylic oxidation sites excluding steroid dienone is 1. The van der Waals surface area contributed by atoms with Gasteiger partial charge in [0.15, 0.2) is 0 Å².